The zero-order chi connectivity index (χ0) is 25.9. The second-order valence-electron chi connectivity index (χ2n) is 9.83. The van der Waals surface area contributed by atoms with Gasteiger partial charge in [-0.2, -0.15) is 0 Å². The highest BCUT2D eigenvalue weighted by atomic mass is 16.5. The van der Waals surface area contributed by atoms with Crippen LogP contribution in [0, 0.1) is 0 Å². The minimum Gasteiger partial charge on any atom is -0.495 e. The summed E-state index contributed by atoms with van der Waals surface area (Å²) in [6.45, 7) is 4.28. The van der Waals surface area contributed by atoms with Crippen LogP contribution < -0.4 is 21.1 Å². The normalized spacial score (nSPS) is 17.6. The van der Waals surface area contributed by atoms with Gasteiger partial charge in [0, 0.05) is 53.2 Å². The molecule has 0 spiro atoms. The third-order valence-corrected chi connectivity index (χ3v) is 6.94. The van der Waals surface area contributed by atoms with Gasteiger partial charge in [0.2, 0.25) is 5.95 Å². The van der Waals surface area contributed by atoms with E-state index in [0.29, 0.717) is 22.9 Å². The summed E-state index contributed by atoms with van der Waals surface area (Å²) < 4.78 is 7.73. The van der Waals surface area contributed by atoms with Crippen molar-refractivity contribution >= 4 is 28.4 Å². The van der Waals surface area contributed by atoms with E-state index >= 15 is 0 Å². The zero-order valence-corrected chi connectivity index (χ0v) is 21.4. The van der Waals surface area contributed by atoms with E-state index in [0.717, 1.165) is 47.8 Å². The molecule has 0 aliphatic heterocycles. The lowest BCUT2D eigenvalue weighted by Gasteiger charge is -2.26. The molecule has 0 atom stereocenters. The van der Waals surface area contributed by atoms with Gasteiger partial charge in [0.1, 0.15) is 5.75 Å². The van der Waals surface area contributed by atoms with Gasteiger partial charge in [-0.15, -0.1) is 0 Å². The molecular formula is C28H33N7O2. The molecule has 1 saturated carbocycles. The van der Waals surface area contributed by atoms with Gasteiger partial charge in [0.25, 0.3) is 5.91 Å². The molecule has 9 nitrogen and oxygen atoms in total. The number of nitrogens with one attached hydrogen (secondary N) is 2. The predicted octanol–water partition coefficient (Wildman–Crippen LogP) is 4.83. The van der Waals surface area contributed by atoms with Gasteiger partial charge in [-0.25, -0.2) is 9.97 Å². The number of amides is 1. The molecule has 1 aromatic carbocycles. The molecule has 1 fully saturated rings. The van der Waals surface area contributed by atoms with Crippen LogP contribution in [0.4, 0.5) is 11.6 Å². The van der Waals surface area contributed by atoms with E-state index in [1.807, 2.05) is 18.3 Å². The summed E-state index contributed by atoms with van der Waals surface area (Å²) in [5.41, 5.74) is 10.0. The van der Waals surface area contributed by atoms with Crippen molar-refractivity contribution in [3.63, 3.8) is 0 Å². The Morgan fingerprint density at radius 3 is 2.70 bits per heavy atom. The fourth-order valence-corrected chi connectivity index (χ4v) is 4.90. The van der Waals surface area contributed by atoms with E-state index in [2.05, 4.69) is 45.2 Å². The van der Waals surface area contributed by atoms with Gasteiger partial charge in [0.05, 0.1) is 30.2 Å². The van der Waals surface area contributed by atoms with Gasteiger partial charge in [-0.05, 0) is 69.9 Å². The van der Waals surface area contributed by atoms with Crippen LogP contribution in [0.15, 0.2) is 55.1 Å². The summed E-state index contributed by atoms with van der Waals surface area (Å²) in [4.78, 5) is 26.5. The number of methoxy groups -OCH3 is 1. The van der Waals surface area contributed by atoms with Crippen molar-refractivity contribution in [1.29, 1.82) is 0 Å². The Bertz CT molecular complexity index is 1410. The molecule has 4 N–H and O–H groups in total. The molecule has 1 aliphatic carbocycles. The van der Waals surface area contributed by atoms with Gasteiger partial charge in [-0.1, -0.05) is 0 Å². The number of fused-ring (bicyclic) bond motifs is 1. The molecule has 1 aliphatic rings. The van der Waals surface area contributed by atoms with E-state index < -0.39 is 0 Å². The summed E-state index contributed by atoms with van der Waals surface area (Å²) in [6, 6.07) is 9.87. The first-order valence-electron chi connectivity index (χ1n) is 12.7. The number of carbonyl (C=O) groups is 1. The first-order valence-corrected chi connectivity index (χ1v) is 12.7. The average molecular weight is 500 g/mol. The maximum absolute atomic E-state index is 13.0. The largest absolute Gasteiger partial charge is 0.495 e. The van der Waals surface area contributed by atoms with E-state index in [-0.39, 0.29) is 24.0 Å². The van der Waals surface area contributed by atoms with Crippen LogP contribution in [-0.4, -0.2) is 44.6 Å². The number of nitrogens with zero attached hydrogens (tertiary/aromatic N) is 4. The topological polar surface area (TPSA) is 120 Å². The second-order valence-corrected chi connectivity index (χ2v) is 9.83. The molecule has 9 heteroatoms. The van der Waals surface area contributed by atoms with Crippen molar-refractivity contribution < 1.29 is 9.53 Å². The quantitative estimate of drug-likeness (QED) is 0.333. The van der Waals surface area contributed by atoms with E-state index in [1.54, 1.807) is 37.7 Å². The maximum atomic E-state index is 13.0. The number of aromatic nitrogens is 4. The average Bonchev–Trinajstić information content (AvgIpc) is 3.30. The van der Waals surface area contributed by atoms with Crippen molar-refractivity contribution in [2.45, 2.75) is 57.7 Å². The number of pyridine rings is 1. The summed E-state index contributed by atoms with van der Waals surface area (Å²) in [5, 5.41) is 7.47. The Labute approximate surface area is 216 Å². The van der Waals surface area contributed by atoms with Gasteiger partial charge >= 0.3 is 0 Å². The monoisotopic (exact) mass is 499 g/mol. The third-order valence-electron chi connectivity index (χ3n) is 6.94. The highest BCUT2D eigenvalue weighted by molar-refractivity contribution is 5.96. The Morgan fingerprint density at radius 1 is 1.14 bits per heavy atom. The molecule has 1 amide bonds. The van der Waals surface area contributed by atoms with Gasteiger partial charge in [-0.3, -0.25) is 9.78 Å². The first-order chi connectivity index (χ1) is 17.9. The molecule has 0 saturated heterocycles. The van der Waals surface area contributed by atoms with Crippen LogP contribution >= 0.6 is 0 Å². The highest BCUT2D eigenvalue weighted by Gasteiger charge is 2.21. The van der Waals surface area contributed by atoms with Crippen LogP contribution in [-0.2, 0) is 0 Å². The Hall–Kier alpha value is -3.98. The number of carbonyl (C=O) groups excluding carboxylic acids is 1. The Kier molecular flexibility index (Phi) is 7.05. The smallest absolute Gasteiger partial charge is 0.251 e. The predicted molar refractivity (Wildman–Crippen MR) is 145 cm³/mol. The number of hydrogen-bond donors (Lipinski definition) is 3. The van der Waals surface area contributed by atoms with E-state index in [1.165, 1.54) is 0 Å². The first kappa shape index (κ1) is 24.7. The molecule has 192 valence electrons. The van der Waals surface area contributed by atoms with Crippen molar-refractivity contribution in [3.8, 4) is 17.0 Å². The standard InChI is InChI=1S/C28H33N7O2/c1-17(2)35-16-22(21-10-12-30-15-25(21)35)23-11-13-31-28(33-23)34-24-14-18(4-9-26(24)37-3)27(36)32-20-7-5-19(29)6-8-20/h4,9-17,19-20H,5-8,29H2,1-3H3,(H,32,36)(H,31,33,34). The lowest BCUT2D eigenvalue weighted by molar-refractivity contribution is 0.0926. The molecule has 5 rings (SSSR count). The number of anilines is 2. The number of hydrogen-bond acceptors (Lipinski definition) is 7. The van der Waals surface area contributed by atoms with Gasteiger partial charge in [0.15, 0.2) is 0 Å². The number of rotatable bonds is 7. The van der Waals surface area contributed by atoms with E-state index in [4.69, 9.17) is 15.5 Å². The third kappa shape index (κ3) is 5.27. The summed E-state index contributed by atoms with van der Waals surface area (Å²) in [6.07, 6.45) is 11.2. The molecule has 3 aromatic heterocycles. The van der Waals surface area contributed by atoms with E-state index in [9.17, 15) is 4.79 Å². The van der Waals surface area contributed by atoms with Gasteiger partial charge < -0.3 is 25.7 Å². The lowest BCUT2D eigenvalue weighted by Crippen LogP contribution is -2.40. The fourth-order valence-electron chi connectivity index (χ4n) is 4.90. The number of ether oxygens (including phenoxy) is 1. The molecule has 0 bridgehead atoms. The Balaban J connectivity index is 1.41. The second kappa shape index (κ2) is 10.6. The highest BCUT2D eigenvalue weighted by Crippen LogP contribution is 2.33. The van der Waals surface area contributed by atoms with Crippen molar-refractivity contribution in [3.05, 3.63) is 60.7 Å². The van der Waals surface area contributed by atoms with Crippen LogP contribution in [0.1, 0.15) is 55.9 Å². The minimum absolute atomic E-state index is 0.115. The molecular weight excluding hydrogens is 466 g/mol. The SMILES string of the molecule is COc1ccc(C(=O)NC2CCC(N)CC2)cc1Nc1nccc(-c2cn(C(C)C)c3cnccc23)n1. The lowest BCUT2D eigenvalue weighted by atomic mass is 9.91. The summed E-state index contributed by atoms with van der Waals surface area (Å²) in [5.74, 6) is 0.891. The summed E-state index contributed by atoms with van der Waals surface area (Å²) >= 11 is 0. The van der Waals surface area contributed by atoms with Crippen LogP contribution in [0.3, 0.4) is 0 Å². The van der Waals surface area contributed by atoms with Crippen molar-refractivity contribution in [1.82, 2.24) is 24.8 Å². The molecule has 4 aromatic rings. The molecule has 0 radical (unpaired) electrons. The number of benzene rings is 1. The zero-order valence-electron chi connectivity index (χ0n) is 21.4. The number of nitrogens with two attached hydrogens (primary N) is 1. The van der Waals surface area contributed by atoms with Crippen molar-refractivity contribution in [2.75, 3.05) is 12.4 Å². The fraction of sp³-hybridized carbons (Fsp3) is 0.357. The van der Waals surface area contributed by atoms with Crippen LogP contribution in [0.2, 0.25) is 0 Å². The summed E-state index contributed by atoms with van der Waals surface area (Å²) in [7, 11) is 1.59. The minimum atomic E-state index is -0.115. The maximum Gasteiger partial charge on any atom is 0.251 e. The molecule has 37 heavy (non-hydrogen) atoms. The molecule has 3 heterocycles. The van der Waals surface area contributed by atoms with Crippen LogP contribution in [0.25, 0.3) is 22.2 Å². The molecule has 0 unspecified atom stereocenters. The van der Waals surface area contributed by atoms with Crippen LogP contribution in [0.5, 0.6) is 5.75 Å². The van der Waals surface area contributed by atoms with Crippen molar-refractivity contribution in [2.24, 2.45) is 5.73 Å². The Morgan fingerprint density at radius 2 is 1.95 bits per heavy atom.